The first-order chi connectivity index (χ1) is 4.13. The molecule has 0 aliphatic rings. The van der Waals surface area contributed by atoms with Crippen molar-refractivity contribution in [2.75, 3.05) is 0 Å². The third kappa shape index (κ3) is 7.66. The number of hydrogen-bond donors (Lipinski definition) is 2. The lowest BCUT2D eigenvalue weighted by Crippen LogP contribution is -1.97. The van der Waals surface area contributed by atoms with Gasteiger partial charge in [0.2, 0.25) is 0 Å². The van der Waals surface area contributed by atoms with Gasteiger partial charge in [0.05, 0.1) is 12.2 Å². The smallest absolute Gasteiger partial charge is 0.0692 e. The molecule has 0 aromatic rings. The Labute approximate surface area is 55.8 Å². The van der Waals surface area contributed by atoms with Gasteiger partial charge in [-0.1, -0.05) is 12.2 Å². The standard InChI is InChI=1S/C7H14O2/c1-6(8)4-3-5-7(2)9/h3-4,6-9H,5H2,1-2H3/b4-3-/t6-,7+/m1/s1. The molecule has 0 aromatic heterocycles. The Bertz CT molecular complexity index is 84.9. The minimum absolute atomic E-state index is 0.306. The summed E-state index contributed by atoms with van der Waals surface area (Å²) in [6.07, 6.45) is 3.34. The first-order valence-corrected chi connectivity index (χ1v) is 3.15. The summed E-state index contributed by atoms with van der Waals surface area (Å²) in [5.41, 5.74) is 0. The molecule has 2 nitrogen and oxygen atoms in total. The van der Waals surface area contributed by atoms with Crippen LogP contribution in [0.4, 0.5) is 0 Å². The third-order valence-electron chi connectivity index (χ3n) is 0.892. The van der Waals surface area contributed by atoms with E-state index in [1.807, 2.05) is 0 Å². The summed E-state index contributed by atoms with van der Waals surface area (Å²) in [7, 11) is 0. The predicted molar refractivity (Wildman–Crippen MR) is 37.1 cm³/mol. The lowest BCUT2D eigenvalue weighted by molar-refractivity contribution is 0.197. The van der Waals surface area contributed by atoms with E-state index in [1.165, 1.54) is 0 Å². The lowest BCUT2D eigenvalue weighted by atomic mass is 10.2. The van der Waals surface area contributed by atoms with Crippen LogP contribution in [0.3, 0.4) is 0 Å². The first kappa shape index (κ1) is 8.66. The van der Waals surface area contributed by atoms with Crippen LogP contribution in [0.1, 0.15) is 20.3 Å². The average Bonchev–Trinajstić information content (AvgIpc) is 1.63. The molecule has 0 saturated heterocycles. The summed E-state index contributed by atoms with van der Waals surface area (Å²) in [5.74, 6) is 0. The van der Waals surface area contributed by atoms with Gasteiger partial charge in [0.25, 0.3) is 0 Å². The maximum Gasteiger partial charge on any atom is 0.0692 e. The van der Waals surface area contributed by atoms with E-state index in [0.29, 0.717) is 6.42 Å². The summed E-state index contributed by atoms with van der Waals surface area (Å²) in [6, 6.07) is 0. The van der Waals surface area contributed by atoms with Crippen LogP contribution in [0.25, 0.3) is 0 Å². The van der Waals surface area contributed by atoms with Gasteiger partial charge in [-0.15, -0.1) is 0 Å². The fraction of sp³-hybridized carbons (Fsp3) is 0.714. The van der Waals surface area contributed by atoms with Gasteiger partial charge in [0.1, 0.15) is 0 Å². The Kier molecular flexibility index (Phi) is 4.36. The van der Waals surface area contributed by atoms with E-state index in [9.17, 15) is 0 Å². The Morgan fingerprint density at radius 3 is 2.22 bits per heavy atom. The van der Waals surface area contributed by atoms with Crippen molar-refractivity contribution in [3.63, 3.8) is 0 Å². The van der Waals surface area contributed by atoms with Crippen molar-refractivity contribution < 1.29 is 10.2 Å². The van der Waals surface area contributed by atoms with Crippen molar-refractivity contribution in [1.82, 2.24) is 0 Å². The van der Waals surface area contributed by atoms with E-state index in [4.69, 9.17) is 10.2 Å². The zero-order valence-electron chi connectivity index (χ0n) is 5.91. The summed E-state index contributed by atoms with van der Waals surface area (Å²) in [6.45, 7) is 3.39. The molecular weight excluding hydrogens is 116 g/mol. The second kappa shape index (κ2) is 4.53. The van der Waals surface area contributed by atoms with Gasteiger partial charge in [-0.25, -0.2) is 0 Å². The Morgan fingerprint density at radius 2 is 1.89 bits per heavy atom. The molecular formula is C7H14O2. The number of rotatable bonds is 3. The minimum Gasteiger partial charge on any atom is -0.393 e. The molecule has 0 aliphatic carbocycles. The predicted octanol–water partition coefficient (Wildman–Crippen LogP) is 0.694. The van der Waals surface area contributed by atoms with Crippen LogP contribution in [-0.2, 0) is 0 Å². The highest BCUT2D eigenvalue weighted by Crippen LogP contribution is 1.92. The molecule has 0 heterocycles. The second-order valence-corrected chi connectivity index (χ2v) is 2.25. The highest BCUT2D eigenvalue weighted by Gasteiger charge is 1.89. The quantitative estimate of drug-likeness (QED) is 0.552. The molecule has 9 heavy (non-hydrogen) atoms. The highest BCUT2D eigenvalue weighted by atomic mass is 16.3. The van der Waals surface area contributed by atoms with Crippen molar-refractivity contribution in [1.29, 1.82) is 0 Å². The molecule has 0 spiro atoms. The maximum atomic E-state index is 8.73. The monoisotopic (exact) mass is 130 g/mol. The van der Waals surface area contributed by atoms with Crippen LogP contribution < -0.4 is 0 Å². The molecule has 2 N–H and O–H groups in total. The number of hydrogen-bond acceptors (Lipinski definition) is 2. The van der Waals surface area contributed by atoms with Crippen LogP contribution in [0.15, 0.2) is 12.2 Å². The molecule has 0 aliphatic heterocycles. The van der Waals surface area contributed by atoms with Crippen LogP contribution in [0.5, 0.6) is 0 Å². The van der Waals surface area contributed by atoms with E-state index in [1.54, 1.807) is 26.0 Å². The van der Waals surface area contributed by atoms with Gasteiger partial charge >= 0.3 is 0 Å². The van der Waals surface area contributed by atoms with Crippen molar-refractivity contribution in [3.8, 4) is 0 Å². The van der Waals surface area contributed by atoms with E-state index < -0.39 is 6.10 Å². The molecule has 0 bridgehead atoms. The van der Waals surface area contributed by atoms with Gasteiger partial charge in [0, 0.05) is 0 Å². The third-order valence-corrected chi connectivity index (χ3v) is 0.892. The SMILES string of the molecule is C[C@H](O)C/C=C\[C@@H](C)O. The zero-order chi connectivity index (χ0) is 7.28. The number of aliphatic hydroxyl groups is 2. The Balaban J connectivity index is 3.25. The highest BCUT2D eigenvalue weighted by molar-refractivity contribution is 4.87. The van der Waals surface area contributed by atoms with E-state index >= 15 is 0 Å². The molecule has 0 unspecified atom stereocenters. The van der Waals surface area contributed by atoms with Crippen LogP contribution in [0.2, 0.25) is 0 Å². The van der Waals surface area contributed by atoms with Gasteiger partial charge in [-0.05, 0) is 20.3 Å². The van der Waals surface area contributed by atoms with Crippen molar-refractivity contribution >= 4 is 0 Å². The molecule has 2 atom stereocenters. The Morgan fingerprint density at radius 1 is 1.33 bits per heavy atom. The normalized spacial score (nSPS) is 18.2. The van der Waals surface area contributed by atoms with Crippen LogP contribution in [0, 0.1) is 0 Å². The van der Waals surface area contributed by atoms with Gasteiger partial charge in [-0.3, -0.25) is 0 Å². The van der Waals surface area contributed by atoms with Crippen molar-refractivity contribution in [2.24, 2.45) is 0 Å². The van der Waals surface area contributed by atoms with E-state index in [0.717, 1.165) is 0 Å². The molecule has 2 heteroatoms. The van der Waals surface area contributed by atoms with E-state index in [-0.39, 0.29) is 6.10 Å². The summed E-state index contributed by atoms with van der Waals surface area (Å²) < 4.78 is 0. The molecule has 54 valence electrons. The molecule has 0 saturated carbocycles. The van der Waals surface area contributed by atoms with Crippen molar-refractivity contribution in [2.45, 2.75) is 32.5 Å². The van der Waals surface area contributed by atoms with Gasteiger partial charge in [-0.2, -0.15) is 0 Å². The zero-order valence-corrected chi connectivity index (χ0v) is 5.91. The largest absolute Gasteiger partial charge is 0.393 e. The first-order valence-electron chi connectivity index (χ1n) is 3.15. The van der Waals surface area contributed by atoms with Crippen molar-refractivity contribution in [3.05, 3.63) is 12.2 Å². The molecule has 0 rings (SSSR count). The van der Waals surface area contributed by atoms with Gasteiger partial charge in [0.15, 0.2) is 0 Å². The Hall–Kier alpha value is -0.340. The topological polar surface area (TPSA) is 40.5 Å². The second-order valence-electron chi connectivity index (χ2n) is 2.25. The minimum atomic E-state index is -0.399. The summed E-state index contributed by atoms with van der Waals surface area (Å²) >= 11 is 0. The average molecular weight is 130 g/mol. The number of aliphatic hydroxyl groups excluding tert-OH is 2. The fourth-order valence-electron chi connectivity index (χ4n) is 0.472. The fourth-order valence-corrected chi connectivity index (χ4v) is 0.472. The lowest BCUT2D eigenvalue weighted by Gasteiger charge is -1.97. The molecule has 0 radical (unpaired) electrons. The molecule has 0 fully saturated rings. The summed E-state index contributed by atoms with van der Waals surface area (Å²) in [4.78, 5) is 0. The van der Waals surface area contributed by atoms with Crippen LogP contribution in [-0.4, -0.2) is 22.4 Å². The van der Waals surface area contributed by atoms with Gasteiger partial charge < -0.3 is 10.2 Å². The van der Waals surface area contributed by atoms with Crippen LogP contribution >= 0.6 is 0 Å². The molecule has 0 amide bonds. The molecule has 0 aromatic carbocycles. The maximum absolute atomic E-state index is 8.73. The summed E-state index contributed by atoms with van der Waals surface area (Å²) in [5, 5.41) is 17.4. The van der Waals surface area contributed by atoms with E-state index in [2.05, 4.69) is 0 Å².